The highest BCUT2D eigenvalue weighted by Gasteiger charge is 2.34. The minimum Gasteiger partial charge on any atom is -0.396 e. The van der Waals surface area contributed by atoms with Crippen LogP contribution in [0.4, 0.5) is 13.2 Å². The fourth-order valence-electron chi connectivity index (χ4n) is 0.561. The van der Waals surface area contributed by atoms with Crippen LogP contribution in [0.3, 0.4) is 0 Å². The van der Waals surface area contributed by atoms with Crippen LogP contribution in [0.2, 0.25) is 0 Å². The van der Waals surface area contributed by atoms with Gasteiger partial charge in [-0.25, -0.2) is 0 Å². The molecule has 0 heterocycles. The Bertz CT molecular complexity index is 89.5. The summed E-state index contributed by atoms with van der Waals surface area (Å²) >= 11 is 0. The van der Waals surface area contributed by atoms with Crippen LogP contribution in [0.15, 0.2) is 0 Å². The lowest BCUT2D eigenvalue weighted by molar-refractivity contribution is -0.171. The Balaban J connectivity index is 3.52. The Kier molecular flexibility index (Phi) is 3.71. The van der Waals surface area contributed by atoms with Crippen LogP contribution in [0.1, 0.15) is 19.8 Å². The lowest BCUT2D eigenvalue weighted by atomic mass is 10.1. The number of halogens is 3. The minimum absolute atomic E-state index is 0.0139. The lowest BCUT2D eigenvalue weighted by Crippen LogP contribution is -2.19. The maximum absolute atomic E-state index is 11.7. The molecule has 0 aliphatic heterocycles. The second kappa shape index (κ2) is 3.81. The third-order valence-electron chi connectivity index (χ3n) is 1.35. The predicted octanol–water partition coefficient (Wildman–Crippen LogP) is 1.96. The normalized spacial score (nSPS) is 15.3. The van der Waals surface area contributed by atoms with Gasteiger partial charge < -0.3 is 5.11 Å². The molecule has 0 fully saturated rings. The molecule has 0 aliphatic carbocycles. The van der Waals surface area contributed by atoms with Crippen molar-refractivity contribution in [3.05, 3.63) is 0 Å². The van der Waals surface area contributed by atoms with E-state index in [1.807, 2.05) is 0 Å². The van der Waals surface area contributed by atoms with Gasteiger partial charge in [0, 0.05) is 6.61 Å². The Hall–Kier alpha value is -0.250. The molecule has 0 amide bonds. The van der Waals surface area contributed by atoms with Gasteiger partial charge in [0.25, 0.3) is 0 Å². The molecular formula is C6H11F3O. The first-order valence-corrected chi connectivity index (χ1v) is 3.16. The molecule has 0 spiro atoms. The van der Waals surface area contributed by atoms with Gasteiger partial charge in [0.15, 0.2) is 0 Å². The molecule has 0 rings (SSSR count). The molecule has 0 aromatic carbocycles. The zero-order valence-electron chi connectivity index (χ0n) is 5.78. The van der Waals surface area contributed by atoms with Crippen molar-refractivity contribution in [1.82, 2.24) is 0 Å². The summed E-state index contributed by atoms with van der Waals surface area (Å²) in [6.07, 6.45) is -3.87. The van der Waals surface area contributed by atoms with E-state index in [0.29, 0.717) is 0 Å². The molecule has 0 aromatic rings. The molecule has 1 atom stereocenters. The Morgan fingerprint density at radius 1 is 1.40 bits per heavy atom. The van der Waals surface area contributed by atoms with Crippen LogP contribution in [-0.2, 0) is 0 Å². The SMILES string of the molecule is CC(CCCO)C(F)(F)F. The van der Waals surface area contributed by atoms with Crippen molar-refractivity contribution >= 4 is 0 Å². The minimum atomic E-state index is -4.10. The second-order valence-corrected chi connectivity index (χ2v) is 2.31. The molecule has 0 aliphatic rings. The Labute approximate surface area is 57.9 Å². The molecule has 1 nitrogen and oxygen atoms in total. The first-order valence-electron chi connectivity index (χ1n) is 3.16. The average Bonchev–Trinajstić information content (AvgIpc) is 1.80. The highest BCUT2D eigenvalue weighted by Crippen LogP contribution is 2.28. The predicted molar refractivity (Wildman–Crippen MR) is 31.5 cm³/mol. The van der Waals surface area contributed by atoms with Crippen LogP contribution in [0.5, 0.6) is 0 Å². The topological polar surface area (TPSA) is 20.2 Å². The zero-order valence-corrected chi connectivity index (χ0v) is 5.78. The molecule has 0 bridgehead atoms. The van der Waals surface area contributed by atoms with Gasteiger partial charge >= 0.3 is 6.18 Å². The highest BCUT2D eigenvalue weighted by molar-refractivity contribution is 4.61. The second-order valence-electron chi connectivity index (χ2n) is 2.31. The van der Waals surface area contributed by atoms with Gasteiger partial charge in [0.1, 0.15) is 0 Å². The van der Waals surface area contributed by atoms with Crippen molar-refractivity contribution in [1.29, 1.82) is 0 Å². The number of rotatable bonds is 3. The number of alkyl halides is 3. The van der Waals surface area contributed by atoms with Crippen molar-refractivity contribution in [2.45, 2.75) is 25.9 Å². The van der Waals surface area contributed by atoms with Gasteiger partial charge in [0.05, 0.1) is 5.92 Å². The molecule has 0 radical (unpaired) electrons. The fraction of sp³-hybridized carbons (Fsp3) is 1.00. The van der Waals surface area contributed by atoms with Crippen molar-refractivity contribution in [3.63, 3.8) is 0 Å². The van der Waals surface area contributed by atoms with E-state index in [0.717, 1.165) is 6.92 Å². The van der Waals surface area contributed by atoms with Crippen LogP contribution in [-0.4, -0.2) is 17.9 Å². The maximum Gasteiger partial charge on any atom is 0.391 e. The number of aliphatic hydroxyl groups is 1. The fourth-order valence-corrected chi connectivity index (χ4v) is 0.561. The van der Waals surface area contributed by atoms with Crippen LogP contribution in [0, 0.1) is 5.92 Å². The first kappa shape index (κ1) is 9.75. The van der Waals surface area contributed by atoms with Gasteiger partial charge in [-0.1, -0.05) is 6.92 Å². The van der Waals surface area contributed by atoms with Gasteiger partial charge in [-0.15, -0.1) is 0 Å². The van der Waals surface area contributed by atoms with Gasteiger partial charge in [-0.2, -0.15) is 13.2 Å². The summed E-state index contributed by atoms with van der Waals surface area (Å²) < 4.78 is 35.1. The van der Waals surface area contributed by atoms with E-state index in [1.165, 1.54) is 0 Å². The smallest absolute Gasteiger partial charge is 0.391 e. The van der Waals surface area contributed by atoms with E-state index >= 15 is 0 Å². The molecule has 4 heteroatoms. The number of hydrogen-bond donors (Lipinski definition) is 1. The van der Waals surface area contributed by atoms with Crippen LogP contribution < -0.4 is 0 Å². The van der Waals surface area contributed by atoms with Crippen molar-refractivity contribution in [2.75, 3.05) is 6.61 Å². The molecule has 0 saturated carbocycles. The van der Waals surface area contributed by atoms with E-state index in [4.69, 9.17) is 5.11 Å². The molecule has 62 valence electrons. The van der Waals surface area contributed by atoms with Crippen molar-refractivity contribution < 1.29 is 18.3 Å². The van der Waals surface area contributed by atoms with Crippen LogP contribution in [0.25, 0.3) is 0 Å². The highest BCUT2D eigenvalue weighted by atomic mass is 19.4. The van der Waals surface area contributed by atoms with Gasteiger partial charge in [-0.05, 0) is 12.8 Å². The first-order chi connectivity index (χ1) is 4.48. The number of hydrogen-bond acceptors (Lipinski definition) is 1. The van der Waals surface area contributed by atoms with Crippen molar-refractivity contribution in [2.24, 2.45) is 5.92 Å². The van der Waals surface area contributed by atoms with E-state index in [-0.39, 0.29) is 19.4 Å². The molecule has 1 unspecified atom stereocenters. The quantitative estimate of drug-likeness (QED) is 0.662. The van der Waals surface area contributed by atoms with E-state index in [9.17, 15) is 13.2 Å². The van der Waals surface area contributed by atoms with Gasteiger partial charge in [-0.3, -0.25) is 0 Å². The summed E-state index contributed by atoms with van der Waals surface area (Å²) in [7, 11) is 0. The van der Waals surface area contributed by atoms with E-state index < -0.39 is 12.1 Å². The molecule has 0 saturated heterocycles. The van der Waals surface area contributed by atoms with E-state index in [1.54, 1.807) is 0 Å². The molecular weight excluding hydrogens is 145 g/mol. The zero-order chi connectivity index (χ0) is 8.20. The standard InChI is InChI=1S/C6H11F3O/c1-5(3-2-4-10)6(7,8)9/h5,10H,2-4H2,1H3. The summed E-state index contributed by atoms with van der Waals surface area (Å²) in [5, 5.41) is 8.21. The van der Waals surface area contributed by atoms with E-state index in [2.05, 4.69) is 0 Å². The molecule has 0 aromatic heterocycles. The molecule has 1 N–H and O–H groups in total. The average molecular weight is 156 g/mol. The molecule has 10 heavy (non-hydrogen) atoms. The van der Waals surface area contributed by atoms with Gasteiger partial charge in [0.2, 0.25) is 0 Å². The summed E-state index contributed by atoms with van der Waals surface area (Å²) in [6.45, 7) is 0.954. The monoisotopic (exact) mass is 156 g/mol. The summed E-state index contributed by atoms with van der Waals surface area (Å²) in [5.74, 6) is -1.29. The Morgan fingerprint density at radius 3 is 2.20 bits per heavy atom. The third-order valence-corrected chi connectivity index (χ3v) is 1.35. The lowest BCUT2D eigenvalue weighted by Gasteiger charge is -2.13. The number of aliphatic hydroxyl groups excluding tert-OH is 1. The summed E-state index contributed by atoms with van der Waals surface area (Å²) in [4.78, 5) is 0. The largest absolute Gasteiger partial charge is 0.396 e. The summed E-state index contributed by atoms with van der Waals surface area (Å²) in [5.41, 5.74) is 0. The van der Waals surface area contributed by atoms with Crippen LogP contribution >= 0.6 is 0 Å². The van der Waals surface area contributed by atoms with Crippen molar-refractivity contribution in [3.8, 4) is 0 Å². The third kappa shape index (κ3) is 3.71. The summed E-state index contributed by atoms with van der Waals surface area (Å²) in [6, 6.07) is 0. The maximum atomic E-state index is 11.7. The Morgan fingerprint density at radius 2 is 1.90 bits per heavy atom.